The molecule has 1 aliphatic rings. The van der Waals surface area contributed by atoms with Crippen molar-refractivity contribution in [2.45, 2.75) is 13.0 Å². The third kappa shape index (κ3) is 2.96. The Morgan fingerprint density at radius 3 is 2.45 bits per heavy atom. The maximum absolute atomic E-state index is 12.4. The zero-order chi connectivity index (χ0) is 15.5. The van der Waals surface area contributed by atoms with Crippen LogP contribution in [0.5, 0.6) is 0 Å². The van der Waals surface area contributed by atoms with Crippen LogP contribution in [0.1, 0.15) is 6.92 Å². The second kappa shape index (κ2) is 6.19. The maximum Gasteiger partial charge on any atom is 0.280 e. The Morgan fingerprint density at radius 1 is 1.09 bits per heavy atom. The highest BCUT2D eigenvalue weighted by molar-refractivity contribution is 9.10. The van der Waals surface area contributed by atoms with Crippen molar-refractivity contribution in [1.82, 2.24) is 0 Å². The molecule has 2 aromatic rings. The summed E-state index contributed by atoms with van der Waals surface area (Å²) < 4.78 is 0.969. The van der Waals surface area contributed by atoms with Gasteiger partial charge in [0.25, 0.3) is 5.91 Å². The smallest absolute Gasteiger partial charge is 0.269 e. The number of carbonyl (C=O) groups is 1. The number of azo groups is 1. The minimum atomic E-state index is -0.663. The standard InChI is InChI=1S/C16H13BrN4O/c1-11-15(19-18-13-9-7-12(17)8-10-13)16(22)21(20-11)14-5-3-2-4-6-14/h2-10,15H,1H3/t15-/m0/s1. The number of para-hydroxylation sites is 1. The normalized spacial score (nSPS) is 18.1. The van der Waals surface area contributed by atoms with E-state index in [4.69, 9.17) is 0 Å². The van der Waals surface area contributed by atoms with E-state index in [1.807, 2.05) is 54.6 Å². The Labute approximate surface area is 136 Å². The lowest BCUT2D eigenvalue weighted by molar-refractivity contribution is -0.117. The van der Waals surface area contributed by atoms with Gasteiger partial charge in [-0.15, -0.1) is 0 Å². The van der Waals surface area contributed by atoms with Gasteiger partial charge in [0.1, 0.15) is 0 Å². The molecule has 1 heterocycles. The Morgan fingerprint density at radius 2 is 1.77 bits per heavy atom. The lowest BCUT2D eigenvalue weighted by atomic mass is 10.2. The molecule has 0 unspecified atom stereocenters. The number of hydrogen-bond donors (Lipinski definition) is 0. The first-order valence-corrected chi connectivity index (χ1v) is 7.55. The Hall–Kier alpha value is -2.34. The van der Waals surface area contributed by atoms with Crippen LogP contribution in [0.25, 0.3) is 0 Å². The van der Waals surface area contributed by atoms with Crippen molar-refractivity contribution < 1.29 is 4.79 Å². The Balaban J connectivity index is 1.80. The molecule has 110 valence electrons. The molecule has 22 heavy (non-hydrogen) atoms. The van der Waals surface area contributed by atoms with Crippen LogP contribution in [0.4, 0.5) is 11.4 Å². The number of hydrogen-bond acceptors (Lipinski definition) is 4. The summed E-state index contributed by atoms with van der Waals surface area (Å²) in [6, 6.07) is 16.0. The second-order valence-corrected chi connectivity index (χ2v) is 5.74. The van der Waals surface area contributed by atoms with Crippen molar-refractivity contribution in [2.75, 3.05) is 5.01 Å². The molecule has 0 aromatic heterocycles. The fourth-order valence-corrected chi connectivity index (χ4v) is 2.34. The third-order valence-electron chi connectivity index (χ3n) is 3.21. The number of nitrogens with zero attached hydrogens (tertiary/aromatic N) is 4. The molecule has 0 fully saturated rings. The maximum atomic E-state index is 12.4. The van der Waals surface area contributed by atoms with Gasteiger partial charge in [0.15, 0.2) is 6.04 Å². The summed E-state index contributed by atoms with van der Waals surface area (Å²) in [4.78, 5) is 12.4. The summed E-state index contributed by atoms with van der Waals surface area (Å²) in [5.41, 5.74) is 2.06. The van der Waals surface area contributed by atoms with Gasteiger partial charge in [-0.05, 0) is 43.3 Å². The van der Waals surface area contributed by atoms with E-state index in [0.29, 0.717) is 11.4 Å². The van der Waals surface area contributed by atoms with Crippen LogP contribution in [0, 0.1) is 0 Å². The summed E-state index contributed by atoms with van der Waals surface area (Å²) in [6.07, 6.45) is 0. The highest BCUT2D eigenvalue weighted by Gasteiger charge is 2.34. The molecule has 2 aromatic carbocycles. The van der Waals surface area contributed by atoms with Crippen LogP contribution in [0.3, 0.4) is 0 Å². The Bertz CT molecular complexity index is 741. The topological polar surface area (TPSA) is 57.4 Å². The fourth-order valence-electron chi connectivity index (χ4n) is 2.08. The van der Waals surface area contributed by atoms with Gasteiger partial charge in [-0.1, -0.05) is 34.1 Å². The molecule has 0 radical (unpaired) electrons. The van der Waals surface area contributed by atoms with Gasteiger partial charge in [-0.25, -0.2) is 0 Å². The van der Waals surface area contributed by atoms with Crippen LogP contribution >= 0.6 is 15.9 Å². The highest BCUT2D eigenvalue weighted by Crippen LogP contribution is 2.23. The summed E-state index contributed by atoms with van der Waals surface area (Å²) >= 11 is 3.36. The molecule has 0 saturated heterocycles. The van der Waals surface area contributed by atoms with Crippen molar-refractivity contribution in [2.24, 2.45) is 15.3 Å². The molecule has 6 heteroatoms. The van der Waals surface area contributed by atoms with Crippen LogP contribution in [0.2, 0.25) is 0 Å². The average molecular weight is 357 g/mol. The number of carbonyl (C=O) groups excluding carboxylic acids is 1. The van der Waals surface area contributed by atoms with Crippen molar-refractivity contribution >= 4 is 38.9 Å². The van der Waals surface area contributed by atoms with Crippen molar-refractivity contribution in [3.63, 3.8) is 0 Å². The van der Waals surface area contributed by atoms with Crippen LogP contribution in [-0.4, -0.2) is 17.7 Å². The van der Waals surface area contributed by atoms with Gasteiger partial charge in [-0.2, -0.15) is 20.3 Å². The van der Waals surface area contributed by atoms with Crippen molar-refractivity contribution in [3.8, 4) is 0 Å². The van der Waals surface area contributed by atoms with Gasteiger partial charge in [-0.3, -0.25) is 4.79 Å². The van der Waals surface area contributed by atoms with Gasteiger partial charge >= 0.3 is 0 Å². The van der Waals surface area contributed by atoms with Gasteiger partial charge in [0.05, 0.1) is 17.1 Å². The van der Waals surface area contributed by atoms with Gasteiger partial charge in [0, 0.05) is 4.47 Å². The van der Waals surface area contributed by atoms with Crippen molar-refractivity contribution in [1.29, 1.82) is 0 Å². The predicted molar refractivity (Wildman–Crippen MR) is 89.5 cm³/mol. The van der Waals surface area contributed by atoms with Crippen LogP contribution < -0.4 is 5.01 Å². The van der Waals surface area contributed by atoms with E-state index < -0.39 is 6.04 Å². The first kappa shape index (κ1) is 14.6. The summed E-state index contributed by atoms with van der Waals surface area (Å²) in [5.74, 6) is -0.190. The molecule has 0 bridgehead atoms. The molecular formula is C16H13BrN4O. The van der Waals surface area contributed by atoms with Gasteiger partial charge < -0.3 is 0 Å². The summed E-state index contributed by atoms with van der Waals surface area (Å²) in [5, 5.41) is 13.9. The molecule has 5 nitrogen and oxygen atoms in total. The minimum Gasteiger partial charge on any atom is -0.269 e. The molecule has 3 rings (SSSR count). The number of halogens is 1. The van der Waals surface area contributed by atoms with Crippen LogP contribution in [-0.2, 0) is 4.79 Å². The molecule has 0 spiro atoms. The van der Waals surface area contributed by atoms with E-state index in [-0.39, 0.29) is 5.91 Å². The number of anilines is 1. The largest absolute Gasteiger partial charge is 0.280 e. The second-order valence-electron chi connectivity index (χ2n) is 4.82. The average Bonchev–Trinajstić information content (AvgIpc) is 2.82. The zero-order valence-corrected chi connectivity index (χ0v) is 13.4. The summed E-state index contributed by atoms with van der Waals surface area (Å²) in [6.45, 7) is 1.78. The Kier molecular flexibility index (Phi) is 4.11. The molecule has 1 amide bonds. The fraction of sp³-hybridized carbons (Fsp3) is 0.125. The quantitative estimate of drug-likeness (QED) is 0.755. The predicted octanol–water partition coefficient (Wildman–Crippen LogP) is 4.32. The molecule has 0 saturated carbocycles. The molecule has 0 N–H and O–H groups in total. The molecule has 0 aliphatic carbocycles. The van der Waals surface area contributed by atoms with E-state index in [0.717, 1.165) is 10.2 Å². The monoisotopic (exact) mass is 356 g/mol. The van der Waals surface area contributed by atoms with E-state index in [1.54, 1.807) is 6.92 Å². The number of rotatable bonds is 3. The highest BCUT2D eigenvalue weighted by atomic mass is 79.9. The first-order valence-electron chi connectivity index (χ1n) is 6.76. The van der Waals surface area contributed by atoms with E-state index in [9.17, 15) is 4.79 Å². The van der Waals surface area contributed by atoms with E-state index in [2.05, 4.69) is 31.3 Å². The minimum absolute atomic E-state index is 0.190. The number of amides is 1. The third-order valence-corrected chi connectivity index (χ3v) is 3.74. The SMILES string of the molecule is CC1=NN(c2ccccc2)C(=O)[C@H]1N=Nc1ccc(Br)cc1. The van der Waals surface area contributed by atoms with Crippen LogP contribution in [0.15, 0.2) is 74.4 Å². The molecule has 1 aliphatic heterocycles. The number of benzene rings is 2. The molecular weight excluding hydrogens is 344 g/mol. The zero-order valence-electron chi connectivity index (χ0n) is 11.8. The van der Waals surface area contributed by atoms with E-state index in [1.165, 1.54) is 5.01 Å². The lowest BCUT2D eigenvalue weighted by Gasteiger charge is -2.11. The van der Waals surface area contributed by atoms with E-state index >= 15 is 0 Å². The molecule has 1 atom stereocenters. The van der Waals surface area contributed by atoms with Gasteiger partial charge in [0.2, 0.25) is 0 Å². The number of hydrazone groups is 1. The first-order chi connectivity index (χ1) is 10.6. The lowest BCUT2D eigenvalue weighted by Crippen LogP contribution is -2.29. The van der Waals surface area contributed by atoms with Crippen molar-refractivity contribution in [3.05, 3.63) is 59.1 Å². The summed E-state index contributed by atoms with van der Waals surface area (Å²) in [7, 11) is 0.